The zero-order valence-corrected chi connectivity index (χ0v) is 27.3. The second-order valence-electron chi connectivity index (χ2n) is 13.1. The fourth-order valence-corrected chi connectivity index (χ4v) is 8.08. The minimum atomic E-state index is 0.639. The number of aromatic nitrogens is 3. The molecule has 8 aromatic carbocycles. The number of hydrogen-bond donors (Lipinski definition) is 0. The van der Waals surface area contributed by atoms with Crippen LogP contribution in [0.25, 0.3) is 111 Å². The monoisotopic (exact) mass is 649 g/mol. The molecule has 0 aliphatic heterocycles. The predicted octanol–water partition coefficient (Wildman–Crippen LogP) is 12.4. The van der Waals surface area contributed by atoms with Crippen molar-refractivity contribution in [2.24, 2.45) is 0 Å². The molecule has 0 N–H and O–H groups in total. The highest BCUT2D eigenvalue weighted by Crippen LogP contribution is 2.49. The Morgan fingerprint density at radius 1 is 0.275 bits per heavy atom. The molecule has 1 aliphatic carbocycles. The largest absolute Gasteiger partial charge is 0.456 e. The summed E-state index contributed by atoms with van der Waals surface area (Å²) in [5.41, 5.74) is 12.0. The Bertz CT molecular complexity index is 3000. The number of benzene rings is 8. The molecule has 0 saturated heterocycles. The zero-order valence-electron chi connectivity index (χ0n) is 27.3. The van der Waals surface area contributed by atoms with Crippen LogP contribution < -0.4 is 0 Å². The summed E-state index contributed by atoms with van der Waals surface area (Å²) < 4.78 is 6.27. The Balaban J connectivity index is 1.15. The van der Waals surface area contributed by atoms with Crippen molar-refractivity contribution in [1.29, 1.82) is 0 Å². The fraction of sp³-hybridized carbons (Fsp3) is 0. The third-order valence-corrected chi connectivity index (χ3v) is 10.3. The van der Waals surface area contributed by atoms with Crippen LogP contribution in [0.4, 0.5) is 0 Å². The topological polar surface area (TPSA) is 51.8 Å². The number of fused-ring (bicyclic) bond motifs is 7. The van der Waals surface area contributed by atoms with Gasteiger partial charge in [0.05, 0.1) is 0 Å². The minimum absolute atomic E-state index is 0.639. The summed E-state index contributed by atoms with van der Waals surface area (Å²) in [6, 6.07) is 57.3. The third-order valence-electron chi connectivity index (χ3n) is 10.3. The number of rotatable bonds is 4. The van der Waals surface area contributed by atoms with E-state index in [2.05, 4.69) is 127 Å². The first-order valence-electron chi connectivity index (χ1n) is 17.2. The average Bonchev–Trinajstić information content (AvgIpc) is 3.75. The Morgan fingerprint density at radius 2 is 0.745 bits per heavy atom. The van der Waals surface area contributed by atoms with Crippen LogP contribution in [0.15, 0.2) is 168 Å². The standard InChI is InChI=1S/C47H27N3O/c1-2-12-28(13-3-1)45-48-46(50-47(49-45)39-27-26-37-31-15-5-4-14-30(31)34-20-10-21-36(39)43(34)37)38-23-9-17-29-32(18-8-19-33(29)38)35-22-11-25-42-44(35)40-16-6-7-24-41(40)51-42/h1-27H. The lowest BCUT2D eigenvalue weighted by Crippen LogP contribution is -2.01. The van der Waals surface area contributed by atoms with Crippen LogP contribution in [0.3, 0.4) is 0 Å². The van der Waals surface area contributed by atoms with Crippen molar-refractivity contribution < 1.29 is 4.42 Å². The van der Waals surface area contributed by atoms with E-state index in [4.69, 9.17) is 19.4 Å². The van der Waals surface area contributed by atoms with Gasteiger partial charge in [0.15, 0.2) is 17.5 Å². The van der Waals surface area contributed by atoms with E-state index in [1.807, 2.05) is 36.4 Å². The van der Waals surface area contributed by atoms with Gasteiger partial charge in [-0.25, -0.2) is 15.0 Å². The van der Waals surface area contributed by atoms with Gasteiger partial charge in [-0.3, -0.25) is 0 Å². The lowest BCUT2D eigenvalue weighted by molar-refractivity contribution is 0.669. The van der Waals surface area contributed by atoms with Gasteiger partial charge in [0.2, 0.25) is 0 Å². The van der Waals surface area contributed by atoms with Crippen LogP contribution in [-0.4, -0.2) is 15.0 Å². The van der Waals surface area contributed by atoms with Gasteiger partial charge >= 0.3 is 0 Å². The molecule has 0 atom stereocenters. The van der Waals surface area contributed by atoms with Crippen LogP contribution in [0.5, 0.6) is 0 Å². The fourth-order valence-electron chi connectivity index (χ4n) is 8.08. The smallest absolute Gasteiger partial charge is 0.164 e. The number of hydrogen-bond acceptors (Lipinski definition) is 4. The van der Waals surface area contributed by atoms with Gasteiger partial charge < -0.3 is 4.42 Å². The number of nitrogens with zero attached hydrogens (tertiary/aromatic N) is 3. The summed E-state index contributed by atoms with van der Waals surface area (Å²) in [5, 5.41) is 6.81. The minimum Gasteiger partial charge on any atom is -0.456 e. The second kappa shape index (κ2) is 10.8. The molecule has 51 heavy (non-hydrogen) atoms. The Labute approximate surface area is 293 Å². The van der Waals surface area contributed by atoms with E-state index in [0.717, 1.165) is 65.9 Å². The van der Waals surface area contributed by atoms with Crippen LogP contribution in [0, 0.1) is 0 Å². The van der Waals surface area contributed by atoms with Crippen molar-refractivity contribution in [2.75, 3.05) is 0 Å². The first-order valence-corrected chi connectivity index (χ1v) is 17.2. The summed E-state index contributed by atoms with van der Waals surface area (Å²) in [5.74, 6) is 1.94. The first kappa shape index (κ1) is 28.0. The second-order valence-corrected chi connectivity index (χ2v) is 13.1. The third kappa shape index (κ3) is 4.17. The van der Waals surface area contributed by atoms with Crippen LogP contribution in [-0.2, 0) is 0 Å². The quantitative estimate of drug-likeness (QED) is 0.190. The Hall–Kier alpha value is -6.91. The summed E-state index contributed by atoms with van der Waals surface area (Å²) in [7, 11) is 0. The molecule has 236 valence electrons. The average molecular weight is 650 g/mol. The Kier molecular flexibility index (Phi) is 5.92. The number of furan rings is 1. The zero-order chi connectivity index (χ0) is 33.5. The highest BCUT2D eigenvalue weighted by molar-refractivity contribution is 6.19. The SMILES string of the molecule is c1ccc(-c2nc(-c3cccc4c(-c5cccc6oc7ccccc7c56)cccc34)nc(-c3ccc4c5c(cccc35)-c3ccccc3-4)n2)cc1. The van der Waals surface area contributed by atoms with Gasteiger partial charge in [0, 0.05) is 27.5 Å². The van der Waals surface area contributed by atoms with Crippen molar-refractivity contribution in [2.45, 2.75) is 0 Å². The molecule has 4 heteroatoms. The Morgan fingerprint density at radius 3 is 1.53 bits per heavy atom. The van der Waals surface area contributed by atoms with Gasteiger partial charge in [-0.2, -0.15) is 0 Å². The predicted molar refractivity (Wildman–Crippen MR) is 208 cm³/mol. The van der Waals surface area contributed by atoms with E-state index in [0.29, 0.717) is 17.5 Å². The lowest BCUT2D eigenvalue weighted by atomic mass is 9.93. The van der Waals surface area contributed by atoms with Crippen molar-refractivity contribution in [3.8, 4) is 67.5 Å². The van der Waals surface area contributed by atoms with Crippen LogP contribution in [0.1, 0.15) is 0 Å². The van der Waals surface area contributed by atoms with E-state index in [-0.39, 0.29) is 0 Å². The molecule has 2 aromatic heterocycles. The van der Waals surface area contributed by atoms with Gasteiger partial charge in [0.25, 0.3) is 0 Å². The summed E-state index contributed by atoms with van der Waals surface area (Å²) in [6.07, 6.45) is 0. The van der Waals surface area contributed by atoms with Crippen molar-refractivity contribution >= 4 is 43.5 Å². The molecule has 0 amide bonds. The maximum Gasteiger partial charge on any atom is 0.164 e. The van der Waals surface area contributed by atoms with Crippen molar-refractivity contribution in [3.63, 3.8) is 0 Å². The molecule has 0 fully saturated rings. The molecule has 0 spiro atoms. The summed E-state index contributed by atoms with van der Waals surface area (Å²) in [4.78, 5) is 15.6. The maximum absolute atomic E-state index is 6.27. The van der Waals surface area contributed by atoms with Gasteiger partial charge in [-0.05, 0) is 73.1 Å². The number of para-hydroxylation sites is 1. The molecule has 4 nitrogen and oxygen atoms in total. The summed E-state index contributed by atoms with van der Waals surface area (Å²) in [6.45, 7) is 0. The first-order chi connectivity index (χ1) is 25.3. The van der Waals surface area contributed by atoms with Gasteiger partial charge in [-0.1, -0.05) is 146 Å². The highest BCUT2D eigenvalue weighted by Gasteiger charge is 2.24. The molecule has 11 rings (SSSR count). The molecule has 1 aliphatic rings. The van der Waals surface area contributed by atoms with Crippen LogP contribution in [0.2, 0.25) is 0 Å². The maximum atomic E-state index is 6.27. The van der Waals surface area contributed by atoms with E-state index in [1.165, 1.54) is 27.6 Å². The van der Waals surface area contributed by atoms with E-state index < -0.39 is 0 Å². The van der Waals surface area contributed by atoms with Crippen molar-refractivity contribution in [1.82, 2.24) is 15.0 Å². The van der Waals surface area contributed by atoms with E-state index in [9.17, 15) is 0 Å². The summed E-state index contributed by atoms with van der Waals surface area (Å²) >= 11 is 0. The van der Waals surface area contributed by atoms with Crippen LogP contribution >= 0.6 is 0 Å². The highest BCUT2D eigenvalue weighted by atomic mass is 16.3. The van der Waals surface area contributed by atoms with E-state index >= 15 is 0 Å². The van der Waals surface area contributed by atoms with Gasteiger partial charge in [0.1, 0.15) is 11.2 Å². The molecule has 0 unspecified atom stereocenters. The van der Waals surface area contributed by atoms with Gasteiger partial charge in [-0.15, -0.1) is 0 Å². The molecular weight excluding hydrogens is 623 g/mol. The normalized spacial score (nSPS) is 11.9. The molecule has 2 heterocycles. The molecule has 0 bridgehead atoms. The van der Waals surface area contributed by atoms with Crippen molar-refractivity contribution in [3.05, 3.63) is 164 Å². The molecule has 0 radical (unpaired) electrons. The van der Waals surface area contributed by atoms with E-state index in [1.54, 1.807) is 0 Å². The molecule has 0 saturated carbocycles. The molecular formula is C47H27N3O. The lowest BCUT2D eigenvalue weighted by Gasteiger charge is -2.14. The molecule has 10 aromatic rings.